The highest BCUT2D eigenvalue weighted by atomic mass is 32.2. The zero-order chi connectivity index (χ0) is 13.7. The lowest BCUT2D eigenvalue weighted by atomic mass is 10.0. The van der Waals surface area contributed by atoms with Gasteiger partial charge in [-0.1, -0.05) is 38.5 Å². The van der Waals surface area contributed by atoms with Crippen LogP contribution in [0.15, 0.2) is 11.5 Å². The molecule has 1 aliphatic carbocycles. The SMILES string of the molecule is CCC(CC)CNC(=O)CSc1nncn1C1CC1. The average molecular weight is 282 g/mol. The van der Waals surface area contributed by atoms with Crippen LogP contribution < -0.4 is 5.32 Å². The molecule has 0 radical (unpaired) electrons. The summed E-state index contributed by atoms with van der Waals surface area (Å²) in [6.45, 7) is 5.10. The summed E-state index contributed by atoms with van der Waals surface area (Å²) in [6.07, 6.45) is 6.39. The number of nitrogens with zero attached hydrogens (tertiary/aromatic N) is 3. The lowest BCUT2D eigenvalue weighted by Gasteiger charge is -2.13. The van der Waals surface area contributed by atoms with Gasteiger partial charge in [-0.05, 0) is 18.8 Å². The van der Waals surface area contributed by atoms with Crippen LogP contribution in [-0.2, 0) is 4.79 Å². The Kier molecular flexibility index (Phi) is 5.24. The van der Waals surface area contributed by atoms with Crippen molar-refractivity contribution in [2.24, 2.45) is 5.92 Å². The van der Waals surface area contributed by atoms with E-state index in [4.69, 9.17) is 0 Å². The summed E-state index contributed by atoms with van der Waals surface area (Å²) in [4.78, 5) is 11.8. The third-order valence-electron chi connectivity index (χ3n) is 3.56. The molecular weight excluding hydrogens is 260 g/mol. The molecule has 0 aromatic carbocycles. The van der Waals surface area contributed by atoms with Gasteiger partial charge in [0.25, 0.3) is 0 Å². The van der Waals surface area contributed by atoms with Crippen LogP contribution in [0.2, 0.25) is 0 Å². The highest BCUT2D eigenvalue weighted by Gasteiger charge is 2.26. The van der Waals surface area contributed by atoms with Crippen molar-refractivity contribution in [3.8, 4) is 0 Å². The smallest absolute Gasteiger partial charge is 0.230 e. The number of rotatable bonds is 8. The van der Waals surface area contributed by atoms with E-state index < -0.39 is 0 Å². The Morgan fingerprint density at radius 2 is 2.26 bits per heavy atom. The van der Waals surface area contributed by atoms with Gasteiger partial charge in [0.05, 0.1) is 5.75 Å². The lowest BCUT2D eigenvalue weighted by molar-refractivity contribution is -0.118. The molecular formula is C13H22N4OS. The van der Waals surface area contributed by atoms with Crippen molar-refractivity contribution in [3.05, 3.63) is 6.33 Å². The Balaban J connectivity index is 1.72. The van der Waals surface area contributed by atoms with E-state index in [2.05, 4.69) is 33.9 Å². The molecule has 1 saturated carbocycles. The third-order valence-corrected chi connectivity index (χ3v) is 4.51. The van der Waals surface area contributed by atoms with Crippen LogP contribution in [0.3, 0.4) is 0 Å². The molecule has 5 nitrogen and oxygen atoms in total. The second kappa shape index (κ2) is 6.93. The zero-order valence-corrected chi connectivity index (χ0v) is 12.4. The standard InChI is InChI=1S/C13H22N4OS/c1-3-10(4-2)7-14-12(18)8-19-13-16-15-9-17(13)11-5-6-11/h9-11H,3-8H2,1-2H3,(H,14,18). The number of hydrogen-bond acceptors (Lipinski definition) is 4. The Labute approximate surface area is 118 Å². The van der Waals surface area contributed by atoms with Crippen molar-refractivity contribution in [2.45, 2.75) is 50.7 Å². The van der Waals surface area contributed by atoms with E-state index in [1.807, 2.05) is 0 Å². The normalized spacial score (nSPS) is 14.9. The lowest BCUT2D eigenvalue weighted by Crippen LogP contribution is -2.30. The molecule has 106 valence electrons. The minimum atomic E-state index is 0.0854. The first kappa shape index (κ1) is 14.4. The molecule has 19 heavy (non-hydrogen) atoms. The zero-order valence-electron chi connectivity index (χ0n) is 11.6. The average Bonchev–Trinajstić information content (AvgIpc) is 3.16. The largest absolute Gasteiger partial charge is 0.355 e. The molecule has 6 heteroatoms. The quantitative estimate of drug-likeness (QED) is 0.743. The van der Waals surface area contributed by atoms with Crippen LogP contribution in [0.25, 0.3) is 0 Å². The first-order valence-electron chi connectivity index (χ1n) is 7.03. The fourth-order valence-electron chi connectivity index (χ4n) is 1.96. The molecule has 1 heterocycles. The Morgan fingerprint density at radius 1 is 1.53 bits per heavy atom. The van der Waals surface area contributed by atoms with Gasteiger partial charge in [0.2, 0.25) is 5.91 Å². The van der Waals surface area contributed by atoms with Gasteiger partial charge in [0.1, 0.15) is 6.33 Å². The van der Waals surface area contributed by atoms with Gasteiger partial charge < -0.3 is 9.88 Å². The second-order valence-corrected chi connectivity index (χ2v) is 5.97. The molecule has 1 amide bonds. The monoisotopic (exact) mass is 282 g/mol. The highest BCUT2D eigenvalue weighted by Crippen LogP contribution is 2.37. The van der Waals surface area contributed by atoms with E-state index in [0.717, 1.165) is 24.5 Å². The number of amides is 1. The van der Waals surface area contributed by atoms with Crippen molar-refractivity contribution in [1.82, 2.24) is 20.1 Å². The third kappa shape index (κ3) is 4.23. The van der Waals surface area contributed by atoms with Crippen molar-refractivity contribution in [3.63, 3.8) is 0 Å². The van der Waals surface area contributed by atoms with Crippen LogP contribution in [-0.4, -0.2) is 33.0 Å². The molecule has 1 aromatic heterocycles. The fraction of sp³-hybridized carbons (Fsp3) is 0.769. The minimum Gasteiger partial charge on any atom is -0.355 e. The van der Waals surface area contributed by atoms with Gasteiger partial charge in [0.15, 0.2) is 5.16 Å². The predicted molar refractivity (Wildman–Crippen MR) is 76.1 cm³/mol. The van der Waals surface area contributed by atoms with Crippen LogP contribution in [0.5, 0.6) is 0 Å². The van der Waals surface area contributed by atoms with Gasteiger partial charge >= 0.3 is 0 Å². The molecule has 1 fully saturated rings. The Morgan fingerprint density at radius 3 is 2.89 bits per heavy atom. The predicted octanol–water partition coefficient (Wildman–Crippen LogP) is 2.26. The Bertz CT molecular complexity index is 413. The number of nitrogens with one attached hydrogen (secondary N) is 1. The van der Waals surface area contributed by atoms with E-state index >= 15 is 0 Å². The molecule has 0 spiro atoms. The first-order valence-corrected chi connectivity index (χ1v) is 8.02. The molecule has 0 aliphatic heterocycles. The summed E-state index contributed by atoms with van der Waals surface area (Å²) in [6, 6.07) is 0.560. The summed E-state index contributed by atoms with van der Waals surface area (Å²) in [5.41, 5.74) is 0. The molecule has 0 atom stereocenters. The molecule has 0 unspecified atom stereocenters. The van der Waals surface area contributed by atoms with Crippen LogP contribution in [0, 0.1) is 5.92 Å². The van der Waals surface area contributed by atoms with Crippen LogP contribution in [0.4, 0.5) is 0 Å². The molecule has 1 aromatic rings. The van der Waals surface area contributed by atoms with Crippen molar-refractivity contribution in [1.29, 1.82) is 0 Å². The number of carbonyl (C=O) groups is 1. The highest BCUT2D eigenvalue weighted by molar-refractivity contribution is 7.99. The summed E-state index contributed by atoms with van der Waals surface area (Å²) in [7, 11) is 0. The number of hydrogen-bond donors (Lipinski definition) is 1. The second-order valence-electron chi connectivity index (χ2n) is 5.03. The van der Waals surface area contributed by atoms with E-state index in [9.17, 15) is 4.79 Å². The van der Waals surface area contributed by atoms with Gasteiger partial charge in [0, 0.05) is 12.6 Å². The summed E-state index contributed by atoms with van der Waals surface area (Å²) < 4.78 is 2.08. The van der Waals surface area contributed by atoms with Gasteiger partial charge in [-0.3, -0.25) is 4.79 Å². The topological polar surface area (TPSA) is 59.8 Å². The van der Waals surface area contributed by atoms with Gasteiger partial charge in [-0.25, -0.2) is 0 Å². The summed E-state index contributed by atoms with van der Waals surface area (Å²) in [5.74, 6) is 1.09. The number of carbonyl (C=O) groups excluding carboxylic acids is 1. The molecule has 2 rings (SSSR count). The van der Waals surface area contributed by atoms with Gasteiger partial charge in [-0.15, -0.1) is 10.2 Å². The van der Waals surface area contributed by atoms with Crippen molar-refractivity contribution < 1.29 is 4.79 Å². The number of aromatic nitrogens is 3. The number of thioether (sulfide) groups is 1. The maximum atomic E-state index is 11.8. The summed E-state index contributed by atoms with van der Waals surface area (Å²) >= 11 is 1.47. The van der Waals surface area contributed by atoms with E-state index in [1.54, 1.807) is 6.33 Å². The molecule has 1 aliphatic rings. The minimum absolute atomic E-state index is 0.0854. The van der Waals surface area contributed by atoms with Gasteiger partial charge in [-0.2, -0.15) is 0 Å². The maximum absolute atomic E-state index is 11.8. The summed E-state index contributed by atoms with van der Waals surface area (Å²) in [5, 5.41) is 11.9. The molecule has 1 N–H and O–H groups in total. The maximum Gasteiger partial charge on any atom is 0.230 e. The first-order chi connectivity index (χ1) is 9.24. The Hall–Kier alpha value is -1.04. The van der Waals surface area contributed by atoms with Crippen LogP contribution >= 0.6 is 11.8 Å². The molecule has 0 bridgehead atoms. The van der Waals surface area contributed by atoms with E-state index in [1.165, 1.54) is 24.6 Å². The van der Waals surface area contributed by atoms with E-state index in [-0.39, 0.29) is 5.91 Å². The molecule has 0 saturated heterocycles. The fourth-order valence-corrected chi connectivity index (χ4v) is 2.77. The van der Waals surface area contributed by atoms with Crippen molar-refractivity contribution >= 4 is 17.7 Å². The van der Waals surface area contributed by atoms with E-state index in [0.29, 0.717) is 17.7 Å². The van der Waals surface area contributed by atoms with Crippen LogP contribution in [0.1, 0.15) is 45.6 Å². The van der Waals surface area contributed by atoms with Crippen molar-refractivity contribution in [2.75, 3.05) is 12.3 Å².